The van der Waals surface area contributed by atoms with Crippen LogP contribution in [0.1, 0.15) is 23.6 Å². The van der Waals surface area contributed by atoms with Crippen LogP contribution in [-0.2, 0) is 16.9 Å². The average Bonchev–Trinajstić information content (AvgIpc) is 2.81. The van der Waals surface area contributed by atoms with Gasteiger partial charge in [-0.05, 0) is 37.1 Å². The third kappa shape index (κ3) is 2.96. The summed E-state index contributed by atoms with van der Waals surface area (Å²) in [6.45, 7) is 3.74. The molecule has 0 bridgehead atoms. The molecule has 128 valence electrons. The van der Waals surface area contributed by atoms with E-state index in [1.165, 1.54) is 24.3 Å². The van der Waals surface area contributed by atoms with Crippen LogP contribution in [0.25, 0.3) is 0 Å². The second-order valence-corrected chi connectivity index (χ2v) is 6.24. The first-order valence-corrected chi connectivity index (χ1v) is 7.76. The van der Waals surface area contributed by atoms with Crippen LogP contribution < -0.4 is 5.32 Å². The molecule has 0 unspecified atom stereocenters. The highest BCUT2D eigenvalue weighted by atomic mass is 16.6. The van der Waals surface area contributed by atoms with E-state index in [1.807, 2.05) is 31.2 Å². The molecule has 1 aliphatic heterocycles. The van der Waals surface area contributed by atoms with Gasteiger partial charge in [0.15, 0.2) is 0 Å². The zero-order valence-electron chi connectivity index (χ0n) is 13.9. The summed E-state index contributed by atoms with van der Waals surface area (Å²) in [5.41, 5.74) is 1.14. The second kappa shape index (κ2) is 6.01. The molecule has 0 spiro atoms. The standard InChI is InChI=1S/C18H17N3O4/c1-12-3-5-13(6-4-12)11-20-16(22)18(2,19-17(20)23)14-7-9-15(10-8-14)21(24)25/h3-10H,11H2,1-2H3,(H,19,23)/t18-/m0/s1. The number of nitrogens with zero attached hydrogens (tertiary/aromatic N) is 2. The molecule has 1 N–H and O–H groups in total. The Hall–Kier alpha value is -3.22. The van der Waals surface area contributed by atoms with E-state index in [0.29, 0.717) is 5.56 Å². The molecule has 2 aromatic rings. The van der Waals surface area contributed by atoms with Gasteiger partial charge in [-0.2, -0.15) is 0 Å². The highest BCUT2D eigenvalue weighted by molar-refractivity contribution is 6.07. The normalized spacial score (nSPS) is 19.8. The van der Waals surface area contributed by atoms with E-state index in [1.54, 1.807) is 6.92 Å². The predicted molar refractivity (Wildman–Crippen MR) is 90.7 cm³/mol. The summed E-state index contributed by atoms with van der Waals surface area (Å²) in [5, 5.41) is 13.5. The van der Waals surface area contributed by atoms with E-state index in [2.05, 4.69) is 5.32 Å². The van der Waals surface area contributed by atoms with Crippen LogP contribution >= 0.6 is 0 Å². The van der Waals surface area contributed by atoms with Gasteiger partial charge in [-0.1, -0.05) is 29.8 Å². The van der Waals surface area contributed by atoms with Gasteiger partial charge in [0.25, 0.3) is 11.6 Å². The fraction of sp³-hybridized carbons (Fsp3) is 0.222. The van der Waals surface area contributed by atoms with Gasteiger partial charge in [0.1, 0.15) is 5.54 Å². The predicted octanol–water partition coefficient (Wildman–Crippen LogP) is 2.87. The molecule has 7 nitrogen and oxygen atoms in total. The number of rotatable bonds is 4. The van der Waals surface area contributed by atoms with E-state index in [9.17, 15) is 19.7 Å². The minimum Gasteiger partial charge on any atom is -0.319 e. The van der Waals surface area contributed by atoms with Crippen molar-refractivity contribution in [3.05, 3.63) is 75.3 Å². The van der Waals surface area contributed by atoms with Crippen LogP contribution in [0, 0.1) is 17.0 Å². The zero-order chi connectivity index (χ0) is 18.2. The Labute approximate surface area is 144 Å². The van der Waals surface area contributed by atoms with Gasteiger partial charge in [0, 0.05) is 12.1 Å². The molecule has 3 amide bonds. The van der Waals surface area contributed by atoms with Crippen LogP contribution in [0.5, 0.6) is 0 Å². The third-order valence-electron chi connectivity index (χ3n) is 4.39. The molecule has 2 aromatic carbocycles. The van der Waals surface area contributed by atoms with Crippen LogP contribution in [0.3, 0.4) is 0 Å². The summed E-state index contributed by atoms with van der Waals surface area (Å²) < 4.78 is 0. The van der Waals surface area contributed by atoms with Crippen LogP contribution in [0.4, 0.5) is 10.5 Å². The van der Waals surface area contributed by atoms with Crippen LogP contribution in [0.2, 0.25) is 0 Å². The Morgan fingerprint density at radius 1 is 1.08 bits per heavy atom. The monoisotopic (exact) mass is 339 g/mol. The van der Waals surface area contributed by atoms with Gasteiger partial charge in [-0.15, -0.1) is 0 Å². The number of non-ortho nitro benzene ring substituents is 1. The van der Waals surface area contributed by atoms with Crippen molar-refractivity contribution in [1.29, 1.82) is 0 Å². The van der Waals surface area contributed by atoms with Crippen molar-refractivity contribution >= 4 is 17.6 Å². The molecule has 0 saturated carbocycles. The first-order chi connectivity index (χ1) is 11.8. The largest absolute Gasteiger partial charge is 0.325 e. The van der Waals surface area contributed by atoms with E-state index in [4.69, 9.17) is 0 Å². The Morgan fingerprint density at radius 3 is 2.24 bits per heavy atom. The van der Waals surface area contributed by atoms with Crippen LogP contribution in [-0.4, -0.2) is 21.8 Å². The summed E-state index contributed by atoms with van der Waals surface area (Å²) in [6, 6.07) is 12.7. The summed E-state index contributed by atoms with van der Waals surface area (Å²) in [7, 11) is 0. The Bertz CT molecular complexity index is 846. The third-order valence-corrected chi connectivity index (χ3v) is 4.39. The van der Waals surface area contributed by atoms with E-state index >= 15 is 0 Å². The lowest BCUT2D eigenvalue weighted by molar-refractivity contribution is -0.384. The molecular formula is C18H17N3O4. The molecule has 1 fully saturated rings. The lowest BCUT2D eigenvalue weighted by Crippen LogP contribution is -2.40. The quantitative estimate of drug-likeness (QED) is 0.526. The summed E-state index contributed by atoms with van der Waals surface area (Å²) >= 11 is 0. The maximum atomic E-state index is 12.8. The molecule has 25 heavy (non-hydrogen) atoms. The number of hydrogen-bond donors (Lipinski definition) is 1. The van der Waals surface area contributed by atoms with Crippen LogP contribution in [0.15, 0.2) is 48.5 Å². The molecule has 1 atom stereocenters. The van der Waals surface area contributed by atoms with Gasteiger partial charge in [-0.25, -0.2) is 4.79 Å². The first kappa shape index (κ1) is 16.6. The van der Waals surface area contributed by atoms with E-state index in [0.717, 1.165) is 16.0 Å². The topological polar surface area (TPSA) is 92.6 Å². The zero-order valence-corrected chi connectivity index (χ0v) is 13.9. The Balaban J connectivity index is 1.86. The highest BCUT2D eigenvalue weighted by Gasteiger charge is 2.48. The molecular weight excluding hydrogens is 322 g/mol. The first-order valence-electron chi connectivity index (χ1n) is 7.76. The summed E-state index contributed by atoms with van der Waals surface area (Å²) in [4.78, 5) is 36.6. The molecule has 1 aliphatic rings. The molecule has 0 radical (unpaired) electrons. The van der Waals surface area contributed by atoms with Crippen molar-refractivity contribution in [3.8, 4) is 0 Å². The molecule has 1 saturated heterocycles. The minimum absolute atomic E-state index is 0.0689. The molecule has 1 heterocycles. The number of benzene rings is 2. The number of imide groups is 1. The summed E-state index contributed by atoms with van der Waals surface area (Å²) in [6.07, 6.45) is 0. The van der Waals surface area contributed by atoms with Crippen molar-refractivity contribution in [2.75, 3.05) is 0 Å². The van der Waals surface area contributed by atoms with Crippen molar-refractivity contribution in [2.45, 2.75) is 25.9 Å². The van der Waals surface area contributed by atoms with E-state index < -0.39 is 16.5 Å². The number of urea groups is 1. The highest BCUT2D eigenvalue weighted by Crippen LogP contribution is 2.30. The maximum absolute atomic E-state index is 12.8. The van der Waals surface area contributed by atoms with Crippen molar-refractivity contribution in [2.24, 2.45) is 0 Å². The number of carbonyl (C=O) groups is 2. The molecule has 7 heteroatoms. The lowest BCUT2D eigenvalue weighted by Gasteiger charge is -2.22. The number of nitrogens with one attached hydrogen (secondary N) is 1. The second-order valence-electron chi connectivity index (χ2n) is 6.24. The molecule has 3 rings (SSSR count). The van der Waals surface area contributed by atoms with Gasteiger partial charge in [0.05, 0.1) is 11.5 Å². The Morgan fingerprint density at radius 2 is 1.68 bits per heavy atom. The van der Waals surface area contributed by atoms with Crippen molar-refractivity contribution < 1.29 is 14.5 Å². The molecule has 0 aromatic heterocycles. The van der Waals surface area contributed by atoms with Gasteiger partial charge in [0.2, 0.25) is 0 Å². The number of carbonyl (C=O) groups excluding carboxylic acids is 2. The number of nitro groups is 1. The smallest absolute Gasteiger partial charge is 0.319 e. The lowest BCUT2D eigenvalue weighted by atomic mass is 9.92. The average molecular weight is 339 g/mol. The van der Waals surface area contributed by atoms with Gasteiger partial charge >= 0.3 is 6.03 Å². The Kier molecular flexibility index (Phi) is 4.00. The summed E-state index contributed by atoms with van der Waals surface area (Å²) in [5.74, 6) is -0.382. The van der Waals surface area contributed by atoms with Crippen molar-refractivity contribution in [3.63, 3.8) is 0 Å². The number of hydrogen-bond acceptors (Lipinski definition) is 4. The minimum atomic E-state index is -1.24. The fourth-order valence-corrected chi connectivity index (χ4v) is 2.83. The fourth-order valence-electron chi connectivity index (χ4n) is 2.83. The SMILES string of the molecule is Cc1ccc(CN2C(=O)N[C@@](C)(c3ccc([N+](=O)[O-])cc3)C2=O)cc1. The van der Waals surface area contributed by atoms with Gasteiger partial charge < -0.3 is 5.32 Å². The molecule has 0 aliphatic carbocycles. The number of nitro benzene ring substituents is 1. The number of amides is 3. The maximum Gasteiger partial charge on any atom is 0.325 e. The van der Waals surface area contributed by atoms with Crippen molar-refractivity contribution in [1.82, 2.24) is 10.2 Å². The van der Waals surface area contributed by atoms with Gasteiger partial charge in [-0.3, -0.25) is 19.8 Å². The number of aryl methyl sites for hydroxylation is 1. The van der Waals surface area contributed by atoms with E-state index in [-0.39, 0.29) is 18.1 Å².